The first-order chi connectivity index (χ1) is 15.1. The van der Waals surface area contributed by atoms with Crippen LogP contribution in [0.3, 0.4) is 0 Å². The SMILES string of the molecule is COc1ccc([N+](=O)[O-])cc1OC(=O)c1nc(-c2ccccc2)n(-c2ccccc2)n1. The minimum Gasteiger partial charge on any atom is -0.493 e. The van der Waals surface area contributed by atoms with Crippen LogP contribution in [0.1, 0.15) is 10.6 Å². The number of non-ortho nitro benzene ring substituents is 1. The third-order valence-corrected chi connectivity index (χ3v) is 4.38. The molecule has 0 amide bonds. The second kappa shape index (κ2) is 8.46. The van der Waals surface area contributed by atoms with Gasteiger partial charge < -0.3 is 9.47 Å². The number of esters is 1. The molecule has 3 aromatic carbocycles. The molecule has 4 aromatic rings. The van der Waals surface area contributed by atoms with E-state index < -0.39 is 10.9 Å². The summed E-state index contributed by atoms with van der Waals surface area (Å²) in [6, 6.07) is 22.2. The van der Waals surface area contributed by atoms with E-state index in [1.807, 2.05) is 60.7 Å². The zero-order chi connectivity index (χ0) is 21.8. The van der Waals surface area contributed by atoms with Crippen LogP contribution in [0, 0.1) is 10.1 Å². The summed E-state index contributed by atoms with van der Waals surface area (Å²) in [5.74, 6) is -0.546. The van der Waals surface area contributed by atoms with Crippen molar-refractivity contribution in [3.63, 3.8) is 0 Å². The van der Waals surface area contributed by atoms with E-state index in [1.54, 1.807) is 0 Å². The lowest BCUT2D eigenvalue weighted by Gasteiger charge is -2.07. The highest BCUT2D eigenvalue weighted by molar-refractivity contribution is 5.88. The summed E-state index contributed by atoms with van der Waals surface area (Å²) in [5, 5.41) is 15.4. The number of carbonyl (C=O) groups excluding carboxylic acids is 1. The summed E-state index contributed by atoms with van der Waals surface area (Å²) < 4.78 is 12.0. The van der Waals surface area contributed by atoms with Crippen molar-refractivity contribution < 1.29 is 19.2 Å². The summed E-state index contributed by atoms with van der Waals surface area (Å²) in [4.78, 5) is 27.7. The number of methoxy groups -OCH3 is 1. The van der Waals surface area contributed by atoms with E-state index in [0.29, 0.717) is 11.5 Å². The van der Waals surface area contributed by atoms with Crippen molar-refractivity contribution in [1.29, 1.82) is 0 Å². The number of nitro groups is 1. The van der Waals surface area contributed by atoms with Gasteiger partial charge in [-0.25, -0.2) is 14.5 Å². The molecule has 0 aliphatic rings. The van der Waals surface area contributed by atoms with Gasteiger partial charge in [0.05, 0.1) is 23.8 Å². The van der Waals surface area contributed by atoms with Gasteiger partial charge in [-0.05, 0) is 18.2 Å². The highest BCUT2D eigenvalue weighted by Crippen LogP contribution is 2.32. The van der Waals surface area contributed by atoms with Crippen molar-refractivity contribution in [3.05, 3.63) is 94.8 Å². The average molecular weight is 416 g/mol. The number of carbonyl (C=O) groups is 1. The molecule has 0 aliphatic heterocycles. The van der Waals surface area contributed by atoms with Crippen molar-refractivity contribution in [3.8, 4) is 28.6 Å². The molecule has 0 saturated carbocycles. The van der Waals surface area contributed by atoms with Gasteiger partial charge in [0.25, 0.3) is 11.5 Å². The van der Waals surface area contributed by atoms with Crippen LogP contribution >= 0.6 is 0 Å². The van der Waals surface area contributed by atoms with Crippen molar-refractivity contribution >= 4 is 11.7 Å². The van der Waals surface area contributed by atoms with Gasteiger partial charge in [0, 0.05) is 11.6 Å². The molecule has 154 valence electrons. The predicted octanol–water partition coefficient (Wildman–Crippen LogP) is 4.07. The van der Waals surface area contributed by atoms with Crippen LogP contribution in [0.15, 0.2) is 78.9 Å². The molecular weight excluding hydrogens is 400 g/mol. The average Bonchev–Trinajstić information content (AvgIpc) is 3.26. The van der Waals surface area contributed by atoms with Crippen molar-refractivity contribution in [1.82, 2.24) is 14.8 Å². The minimum atomic E-state index is -0.870. The van der Waals surface area contributed by atoms with E-state index in [2.05, 4.69) is 10.1 Å². The number of hydrogen-bond donors (Lipinski definition) is 0. The number of nitrogens with zero attached hydrogens (tertiary/aromatic N) is 4. The van der Waals surface area contributed by atoms with Crippen LogP contribution in [0.5, 0.6) is 11.5 Å². The van der Waals surface area contributed by atoms with E-state index in [-0.39, 0.29) is 23.0 Å². The standard InChI is InChI=1S/C22H16N4O5/c1-30-18-13-12-17(26(28)29)14-19(18)31-22(27)20-23-21(15-8-4-2-5-9-15)25(24-20)16-10-6-3-7-11-16/h2-14H,1H3. The van der Waals surface area contributed by atoms with Crippen LogP contribution in [-0.4, -0.2) is 32.8 Å². The van der Waals surface area contributed by atoms with Gasteiger partial charge in [0.2, 0.25) is 0 Å². The lowest BCUT2D eigenvalue weighted by molar-refractivity contribution is -0.384. The number of benzene rings is 3. The molecule has 4 rings (SSSR count). The number of nitro benzene ring substituents is 1. The normalized spacial score (nSPS) is 10.5. The van der Waals surface area contributed by atoms with Gasteiger partial charge >= 0.3 is 5.97 Å². The molecule has 0 aliphatic carbocycles. The number of ether oxygens (including phenoxy) is 2. The fraction of sp³-hybridized carbons (Fsp3) is 0.0455. The molecule has 0 bridgehead atoms. The number of para-hydroxylation sites is 1. The Hall–Kier alpha value is -4.53. The molecule has 31 heavy (non-hydrogen) atoms. The summed E-state index contributed by atoms with van der Waals surface area (Å²) in [7, 11) is 1.37. The van der Waals surface area contributed by atoms with Crippen molar-refractivity contribution in [2.45, 2.75) is 0 Å². The second-order valence-corrected chi connectivity index (χ2v) is 6.35. The van der Waals surface area contributed by atoms with Crippen molar-refractivity contribution in [2.75, 3.05) is 7.11 Å². The molecule has 0 saturated heterocycles. The fourth-order valence-electron chi connectivity index (χ4n) is 2.93. The maximum absolute atomic E-state index is 12.8. The molecule has 1 aromatic heterocycles. The predicted molar refractivity (Wildman–Crippen MR) is 111 cm³/mol. The number of aromatic nitrogens is 3. The molecule has 9 nitrogen and oxygen atoms in total. The molecule has 0 unspecified atom stereocenters. The van der Waals surface area contributed by atoms with Gasteiger partial charge in [-0.2, -0.15) is 0 Å². The molecule has 0 fully saturated rings. The Kier molecular flexibility index (Phi) is 5.39. The van der Waals surface area contributed by atoms with Crippen LogP contribution in [-0.2, 0) is 0 Å². The lowest BCUT2D eigenvalue weighted by atomic mass is 10.2. The zero-order valence-electron chi connectivity index (χ0n) is 16.3. The monoisotopic (exact) mass is 416 g/mol. The first kappa shape index (κ1) is 19.8. The Bertz CT molecular complexity index is 1180. The fourth-order valence-corrected chi connectivity index (χ4v) is 2.93. The summed E-state index contributed by atoms with van der Waals surface area (Å²) in [6.07, 6.45) is 0. The lowest BCUT2D eigenvalue weighted by Crippen LogP contribution is -2.12. The second-order valence-electron chi connectivity index (χ2n) is 6.35. The first-order valence-electron chi connectivity index (χ1n) is 9.19. The van der Waals surface area contributed by atoms with Gasteiger partial charge in [-0.1, -0.05) is 48.5 Å². The Balaban J connectivity index is 1.74. The smallest absolute Gasteiger partial charge is 0.383 e. The summed E-state index contributed by atoms with van der Waals surface area (Å²) in [6.45, 7) is 0. The Morgan fingerprint density at radius 1 is 0.968 bits per heavy atom. The van der Waals surface area contributed by atoms with E-state index in [9.17, 15) is 14.9 Å². The van der Waals surface area contributed by atoms with Crippen LogP contribution in [0.25, 0.3) is 17.1 Å². The van der Waals surface area contributed by atoms with E-state index in [4.69, 9.17) is 9.47 Å². The quantitative estimate of drug-likeness (QED) is 0.202. The number of rotatable bonds is 6. The van der Waals surface area contributed by atoms with Gasteiger partial charge in [0.1, 0.15) is 0 Å². The molecule has 0 N–H and O–H groups in total. The molecule has 0 spiro atoms. The third-order valence-electron chi connectivity index (χ3n) is 4.38. The summed E-state index contributed by atoms with van der Waals surface area (Å²) >= 11 is 0. The highest BCUT2D eigenvalue weighted by atomic mass is 16.6. The first-order valence-corrected chi connectivity index (χ1v) is 9.19. The van der Waals surface area contributed by atoms with Crippen LogP contribution < -0.4 is 9.47 Å². The highest BCUT2D eigenvalue weighted by Gasteiger charge is 2.23. The molecular formula is C22H16N4O5. The largest absolute Gasteiger partial charge is 0.493 e. The number of hydrogen-bond acceptors (Lipinski definition) is 7. The topological polar surface area (TPSA) is 109 Å². The molecule has 1 heterocycles. The Labute approximate surface area is 176 Å². The van der Waals surface area contributed by atoms with Crippen molar-refractivity contribution in [2.24, 2.45) is 0 Å². The van der Waals surface area contributed by atoms with Crippen LogP contribution in [0.4, 0.5) is 5.69 Å². The maximum atomic E-state index is 12.8. The van der Waals surface area contributed by atoms with E-state index in [1.165, 1.54) is 23.9 Å². The van der Waals surface area contributed by atoms with E-state index >= 15 is 0 Å². The van der Waals surface area contributed by atoms with Crippen LogP contribution in [0.2, 0.25) is 0 Å². The van der Waals surface area contributed by atoms with Gasteiger partial charge in [-0.3, -0.25) is 10.1 Å². The third kappa shape index (κ3) is 4.10. The molecule has 0 atom stereocenters. The van der Waals surface area contributed by atoms with Gasteiger partial charge in [-0.15, -0.1) is 5.10 Å². The Morgan fingerprint density at radius 3 is 2.29 bits per heavy atom. The molecule has 9 heteroatoms. The minimum absolute atomic E-state index is 0.0981. The van der Waals surface area contributed by atoms with E-state index in [0.717, 1.165) is 11.6 Å². The summed E-state index contributed by atoms with van der Waals surface area (Å²) in [5.41, 5.74) is 1.23. The molecule has 0 radical (unpaired) electrons. The Morgan fingerprint density at radius 2 is 1.65 bits per heavy atom. The maximum Gasteiger partial charge on any atom is 0.383 e. The van der Waals surface area contributed by atoms with Gasteiger partial charge in [0.15, 0.2) is 17.3 Å². The zero-order valence-corrected chi connectivity index (χ0v) is 16.3.